The first-order chi connectivity index (χ1) is 10.4. The zero-order valence-electron chi connectivity index (χ0n) is 13.8. The van der Waals surface area contributed by atoms with Crippen LogP contribution in [0.2, 0.25) is 0 Å². The van der Waals surface area contributed by atoms with Crippen molar-refractivity contribution in [1.82, 2.24) is 5.32 Å². The molecule has 5 heteroatoms. The van der Waals surface area contributed by atoms with Crippen molar-refractivity contribution < 1.29 is 31.1 Å². The molecule has 124 valence electrons. The van der Waals surface area contributed by atoms with Crippen molar-refractivity contribution in [1.29, 1.82) is 0 Å². The van der Waals surface area contributed by atoms with Crippen LogP contribution in [-0.4, -0.2) is 11.7 Å². The number of pyridine rings is 1. The van der Waals surface area contributed by atoms with Gasteiger partial charge in [-0.3, -0.25) is 0 Å². The summed E-state index contributed by atoms with van der Waals surface area (Å²) in [5.74, 6) is 0. The molecule has 0 unspecified atom stereocenters. The molecule has 0 radical (unpaired) electrons. The molecule has 4 nitrogen and oxygen atoms in total. The first-order valence-corrected chi connectivity index (χ1v) is 7.41. The van der Waals surface area contributed by atoms with Gasteiger partial charge in [0.1, 0.15) is 5.60 Å². The predicted molar refractivity (Wildman–Crippen MR) is 85.3 cm³/mol. The summed E-state index contributed by atoms with van der Waals surface area (Å²) in [5, 5.41) is 2.75. The van der Waals surface area contributed by atoms with E-state index in [9.17, 15) is 4.79 Å². The molecule has 2 aromatic rings. The molecule has 0 saturated heterocycles. The highest BCUT2D eigenvalue weighted by Gasteiger charge is 2.15. The zero-order chi connectivity index (χ0) is 16.0. The average Bonchev–Trinajstić information content (AvgIpc) is 2.46. The summed E-state index contributed by atoms with van der Waals surface area (Å²) < 4.78 is 7.31. The summed E-state index contributed by atoms with van der Waals surface area (Å²) in [6.07, 6.45) is 3.63. The van der Waals surface area contributed by atoms with Gasteiger partial charge in [0.2, 0.25) is 0 Å². The van der Waals surface area contributed by atoms with Crippen molar-refractivity contribution in [3.05, 3.63) is 66.0 Å². The van der Waals surface area contributed by atoms with Gasteiger partial charge in [-0.05, 0) is 26.3 Å². The fourth-order valence-electron chi connectivity index (χ4n) is 1.99. The number of hydrogen-bond acceptors (Lipinski definition) is 2. The van der Waals surface area contributed by atoms with Gasteiger partial charge < -0.3 is 27.0 Å². The van der Waals surface area contributed by atoms with E-state index in [1.165, 1.54) is 5.56 Å². The van der Waals surface area contributed by atoms with Gasteiger partial charge >= 0.3 is 6.09 Å². The monoisotopic (exact) mass is 378 g/mol. The van der Waals surface area contributed by atoms with Crippen LogP contribution in [0.15, 0.2) is 54.9 Å². The Morgan fingerprint density at radius 2 is 1.65 bits per heavy atom. The maximum atomic E-state index is 11.6. The number of nitrogens with one attached hydrogen (secondary N) is 1. The Bertz CT molecular complexity index is 607. The van der Waals surface area contributed by atoms with Crippen molar-refractivity contribution in [2.75, 3.05) is 0 Å². The quantitative estimate of drug-likeness (QED) is 0.764. The molecule has 0 aliphatic heterocycles. The number of carbonyl (C=O) groups is 1. The topological polar surface area (TPSA) is 42.2 Å². The normalized spacial score (nSPS) is 10.6. The molecule has 0 bridgehead atoms. The maximum absolute atomic E-state index is 11.6. The molecular weight excluding hydrogens is 356 g/mol. The highest BCUT2D eigenvalue weighted by atomic mass is 79.9. The molecule has 0 spiro atoms. The van der Waals surface area contributed by atoms with Crippen LogP contribution in [0.4, 0.5) is 4.79 Å². The molecular formula is C18H23BrN2O2. The van der Waals surface area contributed by atoms with E-state index < -0.39 is 11.7 Å². The third-order valence-electron chi connectivity index (χ3n) is 3.00. The molecule has 0 fully saturated rings. The molecule has 1 N–H and O–H groups in total. The van der Waals surface area contributed by atoms with Gasteiger partial charge in [-0.2, -0.15) is 0 Å². The van der Waals surface area contributed by atoms with Crippen LogP contribution in [0.5, 0.6) is 0 Å². The Morgan fingerprint density at radius 1 is 1.04 bits per heavy atom. The molecule has 2 rings (SSSR count). The summed E-state index contributed by atoms with van der Waals surface area (Å²) in [4.78, 5) is 11.6. The maximum Gasteiger partial charge on any atom is 0.407 e. The largest absolute Gasteiger partial charge is 1.00 e. The third kappa shape index (κ3) is 7.28. The van der Waals surface area contributed by atoms with Crippen molar-refractivity contribution in [2.24, 2.45) is 0 Å². The van der Waals surface area contributed by atoms with Gasteiger partial charge in [0.05, 0.1) is 0 Å². The number of hydrogen-bond donors (Lipinski definition) is 1. The molecule has 1 aromatic carbocycles. The lowest BCUT2D eigenvalue weighted by molar-refractivity contribution is -0.688. The first-order valence-electron chi connectivity index (χ1n) is 7.41. The molecule has 0 aliphatic carbocycles. The fraction of sp³-hybridized carbons (Fsp3) is 0.333. The summed E-state index contributed by atoms with van der Waals surface area (Å²) in [6.45, 7) is 6.84. The summed E-state index contributed by atoms with van der Waals surface area (Å²) in [7, 11) is 0. The van der Waals surface area contributed by atoms with E-state index in [1.807, 2.05) is 63.5 Å². The van der Waals surface area contributed by atoms with E-state index in [4.69, 9.17) is 4.74 Å². The molecule has 1 aromatic heterocycles. The van der Waals surface area contributed by atoms with Crippen molar-refractivity contribution in [3.63, 3.8) is 0 Å². The van der Waals surface area contributed by atoms with E-state index in [1.54, 1.807) is 0 Å². The lowest BCUT2D eigenvalue weighted by Gasteiger charge is -2.19. The third-order valence-corrected chi connectivity index (χ3v) is 3.00. The average molecular weight is 379 g/mol. The second-order valence-electron chi connectivity index (χ2n) is 6.22. The van der Waals surface area contributed by atoms with E-state index in [-0.39, 0.29) is 17.0 Å². The van der Waals surface area contributed by atoms with Crippen LogP contribution in [0.3, 0.4) is 0 Å². The summed E-state index contributed by atoms with van der Waals surface area (Å²) >= 11 is 0. The lowest BCUT2D eigenvalue weighted by Crippen LogP contribution is -3.00. The summed E-state index contributed by atoms with van der Waals surface area (Å²) in [5.41, 5.74) is 1.82. The molecule has 23 heavy (non-hydrogen) atoms. The molecule has 1 heterocycles. The van der Waals surface area contributed by atoms with Gasteiger partial charge in [-0.25, -0.2) is 9.36 Å². The van der Waals surface area contributed by atoms with Crippen molar-refractivity contribution in [2.45, 2.75) is 39.5 Å². The lowest BCUT2D eigenvalue weighted by atomic mass is 10.2. The number of rotatable bonds is 4. The minimum atomic E-state index is -0.473. The van der Waals surface area contributed by atoms with Crippen molar-refractivity contribution >= 4 is 6.09 Å². The van der Waals surface area contributed by atoms with E-state index in [2.05, 4.69) is 22.0 Å². The van der Waals surface area contributed by atoms with E-state index in [0.29, 0.717) is 6.54 Å². The number of amides is 1. The van der Waals surface area contributed by atoms with Gasteiger partial charge in [0, 0.05) is 24.2 Å². The van der Waals surface area contributed by atoms with Crippen LogP contribution >= 0.6 is 0 Å². The SMILES string of the molecule is CC(C)(C)OC(=O)NCc1cc[n+](Cc2ccccc2)cc1.[Br-]. The smallest absolute Gasteiger partial charge is 0.407 e. The number of aromatic nitrogens is 1. The second-order valence-corrected chi connectivity index (χ2v) is 6.22. The standard InChI is InChI=1S/C18H22N2O2.BrH/c1-18(2,3)22-17(21)19-13-15-9-11-20(12-10-15)14-16-7-5-4-6-8-16;/h4-12H,13-14H2,1-3H3;1H. The molecule has 1 amide bonds. The number of alkyl carbamates (subject to hydrolysis) is 1. The zero-order valence-corrected chi connectivity index (χ0v) is 15.3. The molecule has 0 atom stereocenters. The number of nitrogens with zero attached hydrogens (tertiary/aromatic N) is 1. The van der Waals surface area contributed by atoms with E-state index in [0.717, 1.165) is 12.1 Å². The van der Waals surface area contributed by atoms with Crippen LogP contribution in [-0.2, 0) is 17.8 Å². The molecule has 0 saturated carbocycles. The first kappa shape index (κ1) is 19.2. The minimum Gasteiger partial charge on any atom is -1.00 e. The van der Waals surface area contributed by atoms with Crippen LogP contribution in [0, 0.1) is 0 Å². The predicted octanol–water partition coefficient (Wildman–Crippen LogP) is 0.0511. The highest BCUT2D eigenvalue weighted by molar-refractivity contribution is 5.67. The highest BCUT2D eigenvalue weighted by Crippen LogP contribution is 2.07. The number of halogens is 1. The van der Waals surface area contributed by atoms with Gasteiger partial charge in [0.15, 0.2) is 18.9 Å². The van der Waals surface area contributed by atoms with Gasteiger partial charge in [0.25, 0.3) is 0 Å². The van der Waals surface area contributed by atoms with Crippen LogP contribution in [0.1, 0.15) is 31.9 Å². The Balaban J connectivity index is 0.00000264. The van der Waals surface area contributed by atoms with Crippen molar-refractivity contribution in [3.8, 4) is 0 Å². The minimum absolute atomic E-state index is 0. The van der Waals surface area contributed by atoms with Crippen LogP contribution < -0.4 is 26.9 Å². The Hall–Kier alpha value is -1.88. The Labute approximate surface area is 148 Å². The fourth-order valence-corrected chi connectivity index (χ4v) is 1.99. The summed E-state index contributed by atoms with van der Waals surface area (Å²) in [6, 6.07) is 14.3. The Morgan fingerprint density at radius 3 is 2.22 bits per heavy atom. The molecule has 0 aliphatic rings. The van der Waals surface area contributed by atoms with Gasteiger partial charge in [-0.15, -0.1) is 0 Å². The van der Waals surface area contributed by atoms with Gasteiger partial charge in [-0.1, -0.05) is 30.3 Å². The second kappa shape index (κ2) is 8.67. The number of benzene rings is 1. The van der Waals surface area contributed by atoms with E-state index >= 15 is 0 Å². The Kier molecular flexibility index (Phi) is 7.23. The number of ether oxygens (including phenoxy) is 1. The van der Waals surface area contributed by atoms with Crippen LogP contribution in [0.25, 0.3) is 0 Å². The number of carbonyl (C=O) groups excluding carboxylic acids is 1.